The van der Waals surface area contributed by atoms with E-state index < -0.39 is 10.0 Å². The van der Waals surface area contributed by atoms with Crippen molar-refractivity contribution >= 4 is 10.0 Å². The first-order valence-electron chi connectivity index (χ1n) is 7.77. The lowest BCUT2D eigenvalue weighted by Crippen LogP contribution is -2.49. The summed E-state index contributed by atoms with van der Waals surface area (Å²) < 4.78 is 31.0. The van der Waals surface area contributed by atoms with Crippen LogP contribution < -0.4 is 4.74 Å². The smallest absolute Gasteiger partial charge is 0.214 e. The number of nitriles is 1. The zero-order chi connectivity index (χ0) is 16.9. The molecule has 7 heteroatoms. The topological polar surface area (TPSA) is 73.6 Å². The number of nitrogens with zero attached hydrogens (tertiary/aromatic N) is 3. The first-order chi connectivity index (χ1) is 11.0. The zero-order valence-corrected chi connectivity index (χ0v) is 14.4. The Bertz CT molecular complexity index is 661. The Balaban J connectivity index is 2.07. The van der Waals surface area contributed by atoms with Crippen molar-refractivity contribution in [2.75, 3.05) is 39.0 Å². The summed E-state index contributed by atoms with van der Waals surface area (Å²) in [5, 5.41) is 9.54. The molecule has 0 radical (unpaired) electrons. The molecule has 0 aromatic heterocycles. The minimum absolute atomic E-state index is 0.185. The number of hydrogen-bond acceptors (Lipinski definition) is 5. The van der Waals surface area contributed by atoms with Crippen LogP contribution in [0.15, 0.2) is 24.3 Å². The molecule has 1 fully saturated rings. The van der Waals surface area contributed by atoms with E-state index in [0.29, 0.717) is 38.3 Å². The number of methoxy groups -OCH3 is 1. The summed E-state index contributed by atoms with van der Waals surface area (Å²) in [5.74, 6) is 0.900. The fourth-order valence-electron chi connectivity index (χ4n) is 2.81. The molecule has 1 unspecified atom stereocenters. The van der Waals surface area contributed by atoms with Crippen molar-refractivity contribution in [3.8, 4) is 11.8 Å². The summed E-state index contributed by atoms with van der Waals surface area (Å²) in [7, 11) is -1.57. The van der Waals surface area contributed by atoms with E-state index in [1.165, 1.54) is 4.31 Å². The highest BCUT2D eigenvalue weighted by Gasteiger charge is 2.30. The van der Waals surface area contributed by atoms with Crippen LogP contribution in [0.3, 0.4) is 0 Å². The molecule has 1 atom stereocenters. The van der Waals surface area contributed by atoms with E-state index in [9.17, 15) is 13.7 Å². The van der Waals surface area contributed by atoms with Gasteiger partial charge in [-0.25, -0.2) is 8.42 Å². The van der Waals surface area contributed by atoms with E-state index in [2.05, 4.69) is 6.07 Å². The van der Waals surface area contributed by atoms with E-state index in [-0.39, 0.29) is 11.8 Å². The third kappa shape index (κ3) is 4.22. The number of piperazine rings is 1. The Morgan fingerprint density at radius 2 is 2.00 bits per heavy atom. The monoisotopic (exact) mass is 337 g/mol. The van der Waals surface area contributed by atoms with Crippen molar-refractivity contribution < 1.29 is 13.2 Å². The minimum Gasteiger partial charge on any atom is -0.497 e. The predicted molar refractivity (Wildman–Crippen MR) is 88.6 cm³/mol. The molecular formula is C16H23N3O3S. The Kier molecular flexibility index (Phi) is 5.99. The average molecular weight is 337 g/mol. The van der Waals surface area contributed by atoms with Gasteiger partial charge >= 0.3 is 0 Å². The van der Waals surface area contributed by atoms with E-state index in [4.69, 9.17) is 4.74 Å². The molecule has 1 heterocycles. The number of hydrogen-bond donors (Lipinski definition) is 0. The van der Waals surface area contributed by atoms with Crippen LogP contribution in [0.4, 0.5) is 0 Å². The van der Waals surface area contributed by atoms with Crippen LogP contribution in [0, 0.1) is 11.3 Å². The van der Waals surface area contributed by atoms with Gasteiger partial charge in [-0.3, -0.25) is 4.90 Å². The Morgan fingerprint density at radius 3 is 2.57 bits per heavy atom. The Hall–Kier alpha value is -1.62. The number of rotatable bonds is 6. The van der Waals surface area contributed by atoms with Gasteiger partial charge in [0.25, 0.3) is 0 Å². The minimum atomic E-state index is -3.16. The van der Waals surface area contributed by atoms with Gasteiger partial charge in [-0.15, -0.1) is 0 Å². The van der Waals surface area contributed by atoms with E-state index in [1.54, 1.807) is 7.11 Å². The van der Waals surface area contributed by atoms with Gasteiger partial charge in [0.2, 0.25) is 10.0 Å². The number of ether oxygens (including phenoxy) is 1. The lowest BCUT2D eigenvalue weighted by Gasteiger charge is -2.36. The molecule has 1 aliphatic heterocycles. The standard InChI is InChI=1S/C16H23N3O3S/c1-3-11-23(20,21)19-9-7-18(8-10-19)16(13-17)14-5-4-6-15(12-14)22-2/h4-6,12,16H,3,7-11H2,1-2H3. The largest absolute Gasteiger partial charge is 0.497 e. The highest BCUT2D eigenvalue weighted by Crippen LogP contribution is 2.25. The van der Waals surface area contributed by atoms with Gasteiger partial charge < -0.3 is 4.74 Å². The maximum absolute atomic E-state index is 12.1. The van der Waals surface area contributed by atoms with Crippen LogP contribution >= 0.6 is 0 Å². The molecular weight excluding hydrogens is 314 g/mol. The molecule has 1 aliphatic rings. The highest BCUT2D eigenvalue weighted by atomic mass is 32.2. The molecule has 126 valence electrons. The molecule has 0 saturated carbocycles. The maximum atomic E-state index is 12.1. The van der Waals surface area contributed by atoms with Crippen molar-refractivity contribution in [2.45, 2.75) is 19.4 Å². The predicted octanol–water partition coefficient (Wildman–Crippen LogP) is 1.62. The molecule has 0 aliphatic carbocycles. The third-order valence-electron chi connectivity index (χ3n) is 4.03. The van der Waals surface area contributed by atoms with Crippen molar-refractivity contribution in [2.24, 2.45) is 0 Å². The summed E-state index contributed by atoms with van der Waals surface area (Å²) >= 11 is 0. The fraction of sp³-hybridized carbons (Fsp3) is 0.562. The molecule has 2 rings (SSSR count). The molecule has 1 aromatic rings. The summed E-state index contributed by atoms with van der Waals surface area (Å²) in [6.45, 7) is 3.84. The highest BCUT2D eigenvalue weighted by molar-refractivity contribution is 7.89. The van der Waals surface area contributed by atoms with Crippen molar-refractivity contribution in [1.82, 2.24) is 9.21 Å². The number of sulfonamides is 1. The number of benzene rings is 1. The van der Waals surface area contributed by atoms with Gasteiger partial charge in [-0.2, -0.15) is 9.57 Å². The van der Waals surface area contributed by atoms with Crippen LogP contribution in [-0.2, 0) is 10.0 Å². The first kappa shape index (κ1) is 17.7. The molecule has 23 heavy (non-hydrogen) atoms. The molecule has 1 saturated heterocycles. The zero-order valence-electron chi connectivity index (χ0n) is 13.6. The lowest BCUT2D eigenvalue weighted by molar-refractivity contribution is 0.162. The molecule has 1 aromatic carbocycles. The van der Waals surface area contributed by atoms with Gasteiger partial charge in [0.1, 0.15) is 11.8 Å². The Morgan fingerprint density at radius 1 is 1.30 bits per heavy atom. The second-order valence-electron chi connectivity index (χ2n) is 5.56. The summed E-state index contributed by atoms with van der Waals surface area (Å²) in [4.78, 5) is 2.02. The van der Waals surface area contributed by atoms with Gasteiger partial charge in [0, 0.05) is 26.2 Å². The van der Waals surface area contributed by atoms with Gasteiger partial charge in [0.05, 0.1) is 18.9 Å². The second-order valence-corrected chi connectivity index (χ2v) is 7.65. The van der Waals surface area contributed by atoms with Crippen molar-refractivity contribution in [1.29, 1.82) is 5.26 Å². The summed E-state index contributed by atoms with van der Waals surface area (Å²) in [5.41, 5.74) is 0.872. The normalized spacial score (nSPS) is 18.3. The van der Waals surface area contributed by atoms with Crippen LogP contribution in [0.1, 0.15) is 24.9 Å². The van der Waals surface area contributed by atoms with E-state index in [1.807, 2.05) is 36.1 Å². The second kappa shape index (κ2) is 7.77. The van der Waals surface area contributed by atoms with Crippen molar-refractivity contribution in [3.63, 3.8) is 0 Å². The lowest BCUT2D eigenvalue weighted by atomic mass is 10.1. The van der Waals surface area contributed by atoms with E-state index >= 15 is 0 Å². The maximum Gasteiger partial charge on any atom is 0.214 e. The quantitative estimate of drug-likeness (QED) is 0.788. The molecule has 0 bridgehead atoms. The van der Waals surface area contributed by atoms with Gasteiger partial charge in [-0.1, -0.05) is 19.1 Å². The van der Waals surface area contributed by atoms with E-state index in [0.717, 1.165) is 5.56 Å². The fourth-order valence-corrected chi connectivity index (χ4v) is 4.30. The van der Waals surface area contributed by atoms with Crippen LogP contribution in [0.5, 0.6) is 5.75 Å². The van der Waals surface area contributed by atoms with Crippen LogP contribution in [-0.4, -0.2) is 56.7 Å². The molecule has 0 N–H and O–H groups in total. The van der Waals surface area contributed by atoms with Gasteiger partial charge in [-0.05, 0) is 24.1 Å². The molecule has 0 amide bonds. The summed E-state index contributed by atoms with van der Waals surface area (Å²) in [6, 6.07) is 9.39. The van der Waals surface area contributed by atoms with Crippen molar-refractivity contribution in [3.05, 3.63) is 29.8 Å². The average Bonchev–Trinajstić information content (AvgIpc) is 2.56. The van der Waals surface area contributed by atoms with Crippen LogP contribution in [0.2, 0.25) is 0 Å². The molecule has 6 nitrogen and oxygen atoms in total. The Labute approximate surface area is 138 Å². The molecule has 0 spiro atoms. The summed E-state index contributed by atoms with van der Waals surface area (Å²) in [6.07, 6.45) is 0.618. The SMILES string of the molecule is CCCS(=O)(=O)N1CCN(C(C#N)c2cccc(OC)c2)CC1. The van der Waals surface area contributed by atoms with Gasteiger partial charge in [0.15, 0.2) is 0 Å². The van der Waals surface area contributed by atoms with Crippen LogP contribution in [0.25, 0.3) is 0 Å². The third-order valence-corrected chi connectivity index (χ3v) is 6.10. The first-order valence-corrected chi connectivity index (χ1v) is 9.38.